The summed E-state index contributed by atoms with van der Waals surface area (Å²) in [4.78, 5) is 0. The molecular formula is C16H24N2. The van der Waals surface area contributed by atoms with Crippen LogP contribution in [0.25, 0.3) is 10.9 Å². The van der Waals surface area contributed by atoms with Crippen molar-refractivity contribution in [1.29, 1.82) is 0 Å². The molecule has 1 heterocycles. The minimum absolute atomic E-state index is 0.187. The summed E-state index contributed by atoms with van der Waals surface area (Å²) in [6.45, 7) is 13.3. The van der Waals surface area contributed by atoms with Crippen molar-refractivity contribution in [1.82, 2.24) is 9.78 Å². The summed E-state index contributed by atoms with van der Waals surface area (Å²) >= 11 is 0. The fourth-order valence-electron chi connectivity index (χ4n) is 2.32. The number of hydrogen-bond acceptors (Lipinski definition) is 1. The Morgan fingerprint density at radius 2 is 1.89 bits per heavy atom. The lowest BCUT2D eigenvalue weighted by atomic mass is 9.86. The Morgan fingerprint density at radius 1 is 1.22 bits per heavy atom. The molecule has 0 radical (unpaired) electrons. The molecule has 1 aromatic carbocycles. The Bertz CT molecular complexity index is 556. The minimum atomic E-state index is 0.187. The van der Waals surface area contributed by atoms with Gasteiger partial charge in [-0.25, -0.2) is 0 Å². The van der Waals surface area contributed by atoms with Gasteiger partial charge in [0.1, 0.15) is 0 Å². The molecule has 98 valence electrons. The first-order valence-electron chi connectivity index (χ1n) is 6.86. The van der Waals surface area contributed by atoms with E-state index in [4.69, 9.17) is 5.10 Å². The van der Waals surface area contributed by atoms with Crippen LogP contribution in [0.2, 0.25) is 0 Å². The van der Waals surface area contributed by atoms with Crippen LogP contribution in [0.3, 0.4) is 0 Å². The number of benzene rings is 1. The summed E-state index contributed by atoms with van der Waals surface area (Å²) in [5, 5.41) is 6.05. The van der Waals surface area contributed by atoms with Crippen LogP contribution < -0.4 is 0 Å². The van der Waals surface area contributed by atoms with E-state index in [0.717, 1.165) is 6.42 Å². The SMILES string of the molecule is CCc1nn(C(C)C)c2cc(C(C)(C)C)ccc12. The van der Waals surface area contributed by atoms with Crippen molar-refractivity contribution in [2.75, 3.05) is 0 Å². The summed E-state index contributed by atoms with van der Waals surface area (Å²) in [6, 6.07) is 7.19. The first-order valence-corrected chi connectivity index (χ1v) is 6.86. The quantitative estimate of drug-likeness (QED) is 0.761. The zero-order chi connectivity index (χ0) is 13.5. The molecule has 0 fully saturated rings. The lowest BCUT2D eigenvalue weighted by Gasteiger charge is -2.19. The number of hydrogen-bond donors (Lipinski definition) is 0. The van der Waals surface area contributed by atoms with Gasteiger partial charge in [0.2, 0.25) is 0 Å². The second-order valence-corrected chi connectivity index (χ2v) is 6.32. The molecular weight excluding hydrogens is 220 g/mol. The second-order valence-electron chi connectivity index (χ2n) is 6.32. The standard InChI is InChI=1S/C16H24N2/c1-7-14-13-9-8-12(16(4,5)6)10-15(13)18(17-14)11(2)3/h8-11H,7H2,1-6H3. The molecule has 1 aromatic heterocycles. The Labute approximate surface area is 110 Å². The van der Waals surface area contributed by atoms with Crippen molar-refractivity contribution in [3.8, 4) is 0 Å². The molecule has 0 aliphatic heterocycles. The Hall–Kier alpha value is -1.31. The zero-order valence-electron chi connectivity index (χ0n) is 12.4. The van der Waals surface area contributed by atoms with Gasteiger partial charge in [-0.1, -0.05) is 39.8 Å². The molecule has 0 unspecified atom stereocenters. The maximum Gasteiger partial charge on any atom is 0.0700 e. The van der Waals surface area contributed by atoms with Crippen molar-refractivity contribution in [3.05, 3.63) is 29.5 Å². The molecule has 2 heteroatoms. The van der Waals surface area contributed by atoms with E-state index in [1.54, 1.807) is 0 Å². The van der Waals surface area contributed by atoms with Gasteiger partial charge in [0.15, 0.2) is 0 Å². The molecule has 0 bridgehead atoms. The number of nitrogens with zero attached hydrogens (tertiary/aromatic N) is 2. The third-order valence-electron chi connectivity index (χ3n) is 3.47. The predicted octanol–water partition coefficient (Wildman–Crippen LogP) is 4.48. The Balaban J connectivity index is 2.71. The summed E-state index contributed by atoms with van der Waals surface area (Å²) in [7, 11) is 0. The van der Waals surface area contributed by atoms with Crippen LogP contribution in [-0.2, 0) is 11.8 Å². The van der Waals surface area contributed by atoms with Crippen molar-refractivity contribution in [2.24, 2.45) is 0 Å². The first-order chi connectivity index (χ1) is 8.34. The van der Waals surface area contributed by atoms with Crippen LogP contribution in [0.5, 0.6) is 0 Å². The van der Waals surface area contributed by atoms with Gasteiger partial charge in [-0.3, -0.25) is 4.68 Å². The van der Waals surface area contributed by atoms with E-state index in [0.29, 0.717) is 6.04 Å². The first kappa shape index (κ1) is 13.1. The third kappa shape index (κ3) is 2.16. The van der Waals surface area contributed by atoms with Crippen LogP contribution >= 0.6 is 0 Å². The van der Waals surface area contributed by atoms with Gasteiger partial charge in [-0.05, 0) is 37.3 Å². The van der Waals surface area contributed by atoms with Crippen molar-refractivity contribution in [3.63, 3.8) is 0 Å². The fraction of sp³-hybridized carbons (Fsp3) is 0.562. The highest BCUT2D eigenvalue weighted by molar-refractivity contribution is 5.83. The average molecular weight is 244 g/mol. The molecule has 2 rings (SSSR count). The zero-order valence-corrected chi connectivity index (χ0v) is 12.4. The predicted molar refractivity (Wildman–Crippen MR) is 78.2 cm³/mol. The molecule has 0 spiro atoms. The molecule has 0 N–H and O–H groups in total. The number of aryl methyl sites for hydroxylation is 1. The lowest BCUT2D eigenvalue weighted by molar-refractivity contribution is 0.543. The average Bonchev–Trinajstić information content (AvgIpc) is 2.65. The van der Waals surface area contributed by atoms with Crippen LogP contribution in [0.1, 0.15) is 58.8 Å². The van der Waals surface area contributed by atoms with Crippen molar-refractivity contribution in [2.45, 2.75) is 59.4 Å². The van der Waals surface area contributed by atoms with Gasteiger partial charge in [0.05, 0.1) is 11.2 Å². The van der Waals surface area contributed by atoms with Gasteiger partial charge in [0, 0.05) is 11.4 Å². The fourth-order valence-corrected chi connectivity index (χ4v) is 2.32. The third-order valence-corrected chi connectivity index (χ3v) is 3.47. The number of fused-ring (bicyclic) bond motifs is 1. The van der Waals surface area contributed by atoms with Crippen LogP contribution in [0, 0.1) is 0 Å². The molecule has 0 atom stereocenters. The molecule has 0 amide bonds. The van der Waals surface area contributed by atoms with Gasteiger partial charge in [0.25, 0.3) is 0 Å². The molecule has 18 heavy (non-hydrogen) atoms. The Morgan fingerprint density at radius 3 is 2.39 bits per heavy atom. The molecule has 0 saturated heterocycles. The topological polar surface area (TPSA) is 17.8 Å². The van der Waals surface area contributed by atoms with E-state index in [9.17, 15) is 0 Å². The maximum absolute atomic E-state index is 4.75. The van der Waals surface area contributed by atoms with Crippen LogP contribution in [-0.4, -0.2) is 9.78 Å². The van der Waals surface area contributed by atoms with E-state index in [-0.39, 0.29) is 5.41 Å². The van der Waals surface area contributed by atoms with Crippen molar-refractivity contribution < 1.29 is 0 Å². The highest BCUT2D eigenvalue weighted by atomic mass is 15.3. The lowest BCUT2D eigenvalue weighted by Crippen LogP contribution is -2.11. The number of rotatable bonds is 2. The van der Waals surface area contributed by atoms with Gasteiger partial charge in [-0.2, -0.15) is 5.10 Å². The van der Waals surface area contributed by atoms with Gasteiger partial charge >= 0.3 is 0 Å². The summed E-state index contributed by atoms with van der Waals surface area (Å²) in [5.41, 5.74) is 4.04. The highest BCUT2D eigenvalue weighted by Gasteiger charge is 2.17. The maximum atomic E-state index is 4.75. The van der Waals surface area contributed by atoms with Gasteiger partial charge < -0.3 is 0 Å². The van der Waals surface area contributed by atoms with Crippen LogP contribution in [0.4, 0.5) is 0 Å². The smallest absolute Gasteiger partial charge is 0.0700 e. The largest absolute Gasteiger partial charge is 0.262 e. The molecule has 0 saturated carbocycles. The monoisotopic (exact) mass is 244 g/mol. The molecule has 2 nitrogen and oxygen atoms in total. The van der Waals surface area contributed by atoms with Crippen LogP contribution in [0.15, 0.2) is 18.2 Å². The van der Waals surface area contributed by atoms with Crippen molar-refractivity contribution >= 4 is 10.9 Å². The van der Waals surface area contributed by atoms with E-state index < -0.39 is 0 Å². The van der Waals surface area contributed by atoms with E-state index in [2.05, 4.69) is 64.4 Å². The van der Waals surface area contributed by atoms with E-state index >= 15 is 0 Å². The van der Waals surface area contributed by atoms with E-state index in [1.165, 1.54) is 22.2 Å². The Kier molecular flexibility index (Phi) is 3.22. The minimum Gasteiger partial charge on any atom is -0.262 e. The molecule has 2 aromatic rings. The molecule has 0 aliphatic carbocycles. The number of aromatic nitrogens is 2. The summed E-state index contributed by atoms with van der Waals surface area (Å²) < 4.78 is 2.16. The summed E-state index contributed by atoms with van der Waals surface area (Å²) in [6.07, 6.45) is 0.991. The van der Waals surface area contributed by atoms with E-state index in [1.807, 2.05) is 0 Å². The second kappa shape index (κ2) is 4.42. The normalized spacial score (nSPS) is 12.6. The molecule has 0 aliphatic rings. The van der Waals surface area contributed by atoms with Gasteiger partial charge in [-0.15, -0.1) is 0 Å². The highest BCUT2D eigenvalue weighted by Crippen LogP contribution is 2.29. The summed E-state index contributed by atoms with van der Waals surface area (Å²) in [5.74, 6) is 0.